The molecule has 0 unspecified atom stereocenters. The average Bonchev–Trinajstić information content (AvgIpc) is 2.60. The number of nitrogens with one attached hydrogen (secondary N) is 1. The Bertz CT molecular complexity index is 844. The number of imide groups is 1. The Morgan fingerprint density at radius 1 is 1.19 bits per heavy atom. The number of rotatable bonds is 5. The lowest BCUT2D eigenvalue weighted by atomic mass is 10.2. The number of benzene rings is 2. The van der Waals surface area contributed by atoms with Crippen LogP contribution in [0.5, 0.6) is 0 Å². The highest BCUT2D eigenvalue weighted by molar-refractivity contribution is 6.34. The maximum absolute atomic E-state index is 13.9. The summed E-state index contributed by atoms with van der Waals surface area (Å²) >= 11 is 5.81. The SMILES string of the molecule is COCN(C(=O)Nc1ccc(C(F)F)cc1F)C(=O)c1c(F)cccc1Cl. The minimum atomic E-state index is -2.89. The third kappa shape index (κ3) is 4.75. The number of methoxy groups -OCH3 is 1. The fourth-order valence-electron chi connectivity index (χ4n) is 2.13. The maximum Gasteiger partial charge on any atom is 0.330 e. The second kappa shape index (κ2) is 8.83. The number of carbonyl (C=O) groups excluding carboxylic acids is 2. The van der Waals surface area contributed by atoms with Gasteiger partial charge in [0.1, 0.15) is 18.4 Å². The molecule has 27 heavy (non-hydrogen) atoms. The van der Waals surface area contributed by atoms with E-state index in [1.807, 2.05) is 0 Å². The van der Waals surface area contributed by atoms with E-state index < -0.39 is 53.5 Å². The van der Waals surface area contributed by atoms with Crippen molar-refractivity contribution in [1.82, 2.24) is 4.90 Å². The molecule has 2 aromatic carbocycles. The third-order valence-corrected chi connectivity index (χ3v) is 3.73. The van der Waals surface area contributed by atoms with Gasteiger partial charge < -0.3 is 10.1 Å². The Labute approximate surface area is 156 Å². The summed E-state index contributed by atoms with van der Waals surface area (Å²) in [5.41, 5.74) is -1.59. The number of nitrogens with zero attached hydrogens (tertiary/aromatic N) is 1. The molecule has 0 atom stereocenters. The molecule has 0 saturated heterocycles. The fraction of sp³-hybridized carbons (Fsp3) is 0.176. The first-order chi connectivity index (χ1) is 12.8. The topological polar surface area (TPSA) is 58.6 Å². The summed E-state index contributed by atoms with van der Waals surface area (Å²) in [6, 6.07) is 4.73. The summed E-state index contributed by atoms with van der Waals surface area (Å²) in [5, 5.41) is 1.82. The zero-order valence-electron chi connectivity index (χ0n) is 13.8. The smallest absolute Gasteiger partial charge is 0.330 e. The van der Waals surface area contributed by atoms with Crippen LogP contribution in [0.1, 0.15) is 22.3 Å². The molecule has 0 spiro atoms. The highest BCUT2D eigenvalue weighted by atomic mass is 35.5. The summed E-state index contributed by atoms with van der Waals surface area (Å²) < 4.78 is 57.7. The molecule has 10 heteroatoms. The first-order valence-corrected chi connectivity index (χ1v) is 7.77. The average molecular weight is 405 g/mol. The Balaban J connectivity index is 2.29. The number of hydrogen-bond donors (Lipinski definition) is 1. The number of halogens is 5. The van der Waals surface area contributed by atoms with Crippen molar-refractivity contribution in [3.05, 3.63) is 64.2 Å². The van der Waals surface area contributed by atoms with Crippen molar-refractivity contribution in [2.75, 3.05) is 19.2 Å². The van der Waals surface area contributed by atoms with Gasteiger partial charge in [0.05, 0.1) is 16.3 Å². The van der Waals surface area contributed by atoms with Crippen molar-refractivity contribution >= 4 is 29.2 Å². The number of amides is 3. The summed E-state index contributed by atoms with van der Waals surface area (Å²) in [5.74, 6) is -3.22. The van der Waals surface area contributed by atoms with Crippen molar-refractivity contribution in [3.8, 4) is 0 Å². The predicted molar refractivity (Wildman–Crippen MR) is 89.8 cm³/mol. The first kappa shape index (κ1) is 20.7. The van der Waals surface area contributed by atoms with Gasteiger partial charge in [-0.25, -0.2) is 27.3 Å². The fourth-order valence-corrected chi connectivity index (χ4v) is 2.37. The van der Waals surface area contributed by atoms with Crippen LogP contribution in [0, 0.1) is 11.6 Å². The summed E-state index contributed by atoms with van der Waals surface area (Å²) in [7, 11) is 1.18. The highest BCUT2D eigenvalue weighted by Gasteiger charge is 2.28. The van der Waals surface area contributed by atoms with E-state index in [2.05, 4.69) is 5.32 Å². The van der Waals surface area contributed by atoms with E-state index in [1.54, 1.807) is 0 Å². The van der Waals surface area contributed by atoms with E-state index in [1.165, 1.54) is 19.2 Å². The molecule has 0 heterocycles. The zero-order valence-corrected chi connectivity index (χ0v) is 14.6. The number of urea groups is 1. The molecule has 0 saturated carbocycles. The summed E-state index contributed by atoms with van der Waals surface area (Å²) in [4.78, 5) is 25.3. The van der Waals surface area contributed by atoms with E-state index in [0.29, 0.717) is 11.0 Å². The molecule has 0 aliphatic heterocycles. The molecule has 2 aromatic rings. The largest absolute Gasteiger partial charge is 0.364 e. The van der Waals surface area contributed by atoms with Crippen molar-refractivity contribution in [1.29, 1.82) is 0 Å². The van der Waals surface area contributed by atoms with E-state index in [0.717, 1.165) is 18.2 Å². The Morgan fingerprint density at radius 2 is 1.89 bits per heavy atom. The van der Waals surface area contributed by atoms with Crippen LogP contribution in [-0.2, 0) is 4.74 Å². The van der Waals surface area contributed by atoms with Gasteiger partial charge in [-0.05, 0) is 24.3 Å². The van der Waals surface area contributed by atoms with E-state index in [-0.39, 0.29) is 5.02 Å². The van der Waals surface area contributed by atoms with E-state index >= 15 is 0 Å². The van der Waals surface area contributed by atoms with Crippen LogP contribution < -0.4 is 5.32 Å². The molecule has 0 aliphatic carbocycles. The summed E-state index contributed by atoms with van der Waals surface area (Å²) in [6.45, 7) is -0.591. The molecule has 0 bridgehead atoms. The predicted octanol–water partition coefficient (Wildman–Crippen LogP) is 4.83. The van der Waals surface area contributed by atoms with Crippen LogP contribution in [0.3, 0.4) is 0 Å². The van der Waals surface area contributed by atoms with Crippen molar-refractivity contribution in [3.63, 3.8) is 0 Å². The second-order valence-electron chi connectivity index (χ2n) is 5.22. The maximum atomic E-state index is 13.9. The molecule has 0 fully saturated rings. The molecule has 5 nitrogen and oxygen atoms in total. The van der Waals surface area contributed by atoms with Crippen LogP contribution in [0.25, 0.3) is 0 Å². The van der Waals surface area contributed by atoms with Gasteiger partial charge in [0.25, 0.3) is 12.3 Å². The van der Waals surface area contributed by atoms with Crippen LogP contribution in [-0.4, -0.2) is 30.7 Å². The molecule has 0 radical (unpaired) electrons. The van der Waals surface area contributed by atoms with Gasteiger partial charge >= 0.3 is 6.03 Å². The van der Waals surface area contributed by atoms with Crippen molar-refractivity contribution in [2.45, 2.75) is 6.43 Å². The Hall–Kier alpha value is -2.65. The number of carbonyl (C=O) groups is 2. The van der Waals surface area contributed by atoms with Crippen molar-refractivity contribution in [2.24, 2.45) is 0 Å². The van der Waals surface area contributed by atoms with E-state index in [4.69, 9.17) is 16.3 Å². The monoisotopic (exact) mass is 404 g/mol. The Kier molecular flexibility index (Phi) is 6.75. The van der Waals surface area contributed by atoms with Gasteiger partial charge in [-0.1, -0.05) is 23.7 Å². The molecule has 1 N–H and O–H groups in total. The van der Waals surface area contributed by atoms with Crippen LogP contribution in [0.2, 0.25) is 5.02 Å². The number of anilines is 1. The Morgan fingerprint density at radius 3 is 2.44 bits per heavy atom. The third-order valence-electron chi connectivity index (χ3n) is 3.41. The van der Waals surface area contributed by atoms with E-state index in [9.17, 15) is 27.2 Å². The normalized spacial score (nSPS) is 10.8. The molecule has 144 valence electrons. The number of hydrogen-bond acceptors (Lipinski definition) is 3. The van der Waals surface area contributed by atoms with Gasteiger partial charge in [0.2, 0.25) is 0 Å². The van der Waals surface area contributed by atoms with Gasteiger partial charge in [-0.15, -0.1) is 0 Å². The van der Waals surface area contributed by atoms with Crippen LogP contribution in [0.15, 0.2) is 36.4 Å². The van der Waals surface area contributed by atoms with Crippen molar-refractivity contribution < 1.29 is 31.9 Å². The van der Waals surface area contributed by atoms with Gasteiger partial charge in [-0.2, -0.15) is 0 Å². The molecule has 0 aliphatic rings. The van der Waals surface area contributed by atoms with Gasteiger partial charge in [0, 0.05) is 12.7 Å². The minimum absolute atomic E-state index is 0.235. The lowest BCUT2D eigenvalue weighted by molar-refractivity contribution is 0.0552. The van der Waals surface area contributed by atoms with Gasteiger partial charge in [0.15, 0.2) is 0 Å². The molecule has 3 amide bonds. The quantitative estimate of drug-likeness (QED) is 0.573. The molecular formula is C17H13ClF4N2O3. The standard InChI is InChI=1S/C17H13ClF4N2O3/c1-27-8-24(16(25)14-10(18)3-2-4-11(14)19)17(26)23-13-6-5-9(15(21)22)7-12(13)20/h2-7,15H,8H2,1H3,(H,23,26). The number of alkyl halides is 2. The lowest BCUT2D eigenvalue weighted by Gasteiger charge is -2.21. The minimum Gasteiger partial charge on any atom is -0.364 e. The number of ether oxygens (including phenoxy) is 1. The molecule has 0 aromatic heterocycles. The van der Waals surface area contributed by atoms with Gasteiger partial charge in [-0.3, -0.25) is 4.79 Å². The first-order valence-electron chi connectivity index (χ1n) is 7.39. The van der Waals surface area contributed by atoms with Crippen LogP contribution >= 0.6 is 11.6 Å². The lowest BCUT2D eigenvalue weighted by Crippen LogP contribution is -2.41. The highest BCUT2D eigenvalue weighted by Crippen LogP contribution is 2.25. The molecule has 2 rings (SSSR count). The van der Waals surface area contributed by atoms with Crippen LogP contribution in [0.4, 0.5) is 28.0 Å². The summed E-state index contributed by atoms with van der Waals surface area (Å²) in [6.07, 6.45) is -2.89. The second-order valence-corrected chi connectivity index (χ2v) is 5.62. The zero-order chi connectivity index (χ0) is 20.1. The molecular weight excluding hydrogens is 392 g/mol.